The normalized spacial score (nSPS) is 10.9. The third kappa shape index (κ3) is 6.54. The molecule has 0 radical (unpaired) electrons. The first-order valence-corrected chi connectivity index (χ1v) is 11.6. The molecular formula is C23H14BrClIN3O4. The molecule has 0 saturated heterocycles. The third-order valence-corrected chi connectivity index (χ3v) is 6.10. The summed E-state index contributed by atoms with van der Waals surface area (Å²) in [6.45, 7) is 0.276. The lowest BCUT2D eigenvalue weighted by Gasteiger charge is -2.12. The van der Waals surface area contributed by atoms with E-state index in [9.17, 15) is 20.2 Å². The maximum atomic E-state index is 12.5. The van der Waals surface area contributed by atoms with Crippen molar-refractivity contribution in [1.82, 2.24) is 0 Å². The van der Waals surface area contributed by atoms with Crippen LogP contribution in [-0.4, -0.2) is 10.8 Å². The van der Waals surface area contributed by atoms with Gasteiger partial charge in [0.2, 0.25) is 0 Å². The first-order valence-electron chi connectivity index (χ1n) is 9.31. The van der Waals surface area contributed by atoms with Crippen LogP contribution in [0.4, 0.5) is 11.4 Å². The fraction of sp³-hybridized carbons (Fsp3) is 0.0435. The van der Waals surface area contributed by atoms with Crippen LogP contribution < -0.4 is 10.1 Å². The molecule has 1 amide bonds. The second-order valence-corrected chi connectivity index (χ2v) is 9.05. The molecule has 10 heteroatoms. The Morgan fingerprint density at radius 1 is 1.24 bits per heavy atom. The molecule has 0 heterocycles. The molecule has 3 aromatic carbocycles. The van der Waals surface area contributed by atoms with Crippen LogP contribution in [0.1, 0.15) is 11.1 Å². The van der Waals surface area contributed by atoms with Gasteiger partial charge in [0.1, 0.15) is 24.0 Å². The fourth-order valence-electron chi connectivity index (χ4n) is 2.78. The highest BCUT2D eigenvalue weighted by Crippen LogP contribution is 2.34. The molecule has 7 nitrogen and oxygen atoms in total. The Morgan fingerprint density at radius 2 is 2.00 bits per heavy atom. The van der Waals surface area contributed by atoms with Gasteiger partial charge in [-0.1, -0.05) is 35.9 Å². The van der Waals surface area contributed by atoms with Crippen molar-refractivity contribution in [2.45, 2.75) is 6.61 Å². The van der Waals surface area contributed by atoms with Crippen LogP contribution in [0.3, 0.4) is 0 Å². The van der Waals surface area contributed by atoms with Crippen LogP contribution in [0, 0.1) is 25.0 Å². The summed E-state index contributed by atoms with van der Waals surface area (Å²) in [6, 6.07) is 18.2. The minimum absolute atomic E-state index is 0.158. The monoisotopic (exact) mass is 637 g/mol. The van der Waals surface area contributed by atoms with Gasteiger partial charge >= 0.3 is 0 Å². The molecular weight excluding hydrogens is 625 g/mol. The molecule has 0 fully saturated rings. The predicted octanol–water partition coefficient (Wildman–Crippen LogP) is 6.74. The van der Waals surface area contributed by atoms with E-state index >= 15 is 0 Å². The number of carbonyl (C=O) groups excluding carboxylic acids is 1. The summed E-state index contributed by atoms with van der Waals surface area (Å²) < 4.78 is 7.32. The molecule has 0 unspecified atom stereocenters. The second-order valence-electron chi connectivity index (χ2n) is 6.63. The minimum Gasteiger partial charge on any atom is -0.487 e. The maximum Gasteiger partial charge on any atom is 0.271 e. The zero-order chi connectivity index (χ0) is 24.0. The van der Waals surface area contributed by atoms with E-state index in [0.717, 1.165) is 9.13 Å². The zero-order valence-corrected chi connectivity index (χ0v) is 21.2. The summed E-state index contributed by atoms with van der Waals surface area (Å²) in [7, 11) is 0. The third-order valence-electron chi connectivity index (χ3n) is 4.34. The number of nitriles is 1. The van der Waals surface area contributed by atoms with E-state index in [1.54, 1.807) is 18.2 Å². The average molecular weight is 639 g/mol. The molecule has 0 bridgehead atoms. The molecule has 0 aliphatic rings. The highest BCUT2D eigenvalue weighted by molar-refractivity contribution is 14.1. The summed E-state index contributed by atoms with van der Waals surface area (Å²) in [5.74, 6) is -0.0737. The van der Waals surface area contributed by atoms with Crippen molar-refractivity contribution in [3.05, 3.63) is 101 Å². The van der Waals surface area contributed by atoms with Crippen LogP contribution in [0.2, 0.25) is 5.02 Å². The van der Waals surface area contributed by atoms with E-state index in [1.807, 2.05) is 24.3 Å². The number of amides is 1. The van der Waals surface area contributed by atoms with Gasteiger partial charge in [-0.2, -0.15) is 5.26 Å². The van der Waals surface area contributed by atoms with Crippen molar-refractivity contribution >= 4 is 73.5 Å². The van der Waals surface area contributed by atoms with E-state index in [0.29, 0.717) is 20.8 Å². The topological polar surface area (TPSA) is 105 Å². The summed E-state index contributed by atoms with van der Waals surface area (Å²) in [5, 5.41) is 23.5. The Labute approximate surface area is 216 Å². The molecule has 0 aliphatic carbocycles. The van der Waals surface area contributed by atoms with Gasteiger partial charge in [-0.25, -0.2) is 0 Å². The minimum atomic E-state index is -0.678. The smallest absolute Gasteiger partial charge is 0.271 e. The number of anilines is 1. The average Bonchev–Trinajstić information content (AvgIpc) is 2.78. The number of hydrogen-bond acceptors (Lipinski definition) is 5. The van der Waals surface area contributed by atoms with Crippen LogP contribution in [0.25, 0.3) is 6.08 Å². The Hall–Kier alpha value is -2.94. The van der Waals surface area contributed by atoms with Crippen molar-refractivity contribution < 1.29 is 14.5 Å². The van der Waals surface area contributed by atoms with Crippen molar-refractivity contribution in [2.75, 3.05) is 5.32 Å². The number of nitro groups is 1. The summed E-state index contributed by atoms with van der Waals surface area (Å²) >= 11 is 11.8. The number of rotatable bonds is 7. The van der Waals surface area contributed by atoms with Crippen molar-refractivity contribution in [3.8, 4) is 11.8 Å². The largest absolute Gasteiger partial charge is 0.487 e. The van der Waals surface area contributed by atoms with Gasteiger partial charge in [-0.15, -0.1) is 0 Å². The van der Waals surface area contributed by atoms with Crippen LogP contribution in [-0.2, 0) is 11.4 Å². The number of halogens is 3. The number of ether oxygens (including phenoxy) is 1. The number of nitro benzene ring substituents is 1. The SMILES string of the molecule is N#C/C(=C\c1cc(Br)c(OCc2ccccc2Cl)c(I)c1)C(=O)Nc1cccc([N+](=O)[O-])c1. The van der Waals surface area contributed by atoms with E-state index < -0.39 is 10.8 Å². The quantitative estimate of drug-likeness (QED) is 0.102. The Balaban J connectivity index is 1.79. The standard InChI is InChI=1S/C23H14BrClIN3O4/c24-19-9-14(10-21(26)22(19)33-13-15-4-1-2-7-20(15)25)8-16(12-27)23(30)28-17-5-3-6-18(11-17)29(31)32/h1-11H,13H2,(H,28,30)/b16-8+. The summed E-state index contributed by atoms with van der Waals surface area (Å²) in [4.78, 5) is 22.9. The fourth-order valence-corrected chi connectivity index (χ4v) is 4.74. The maximum absolute atomic E-state index is 12.5. The molecule has 3 rings (SSSR count). The number of hydrogen-bond donors (Lipinski definition) is 1. The van der Waals surface area contributed by atoms with Gasteiger partial charge in [0.25, 0.3) is 11.6 Å². The molecule has 0 atom stereocenters. The molecule has 0 aromatic heterocycles. The van der Waals surface area contributed by atoms with Gasteiger partial charge in [0.05, 0.1) is 13.0 Å². The number of carbonyl (C=O) groups is 1. The van der Waals surface area contributed by atoms with E-state index in [2.05, 4.69) is 43.8 Å². The van der Waals surface area contributed by atoms with Gasteiger partial charge in [-0.05, 0) is 74.4 Å². The number of nitrogens with one attached hydrogen (secondary N) is 1. The van der Waals surface area contributed by atoms with E-state index in [1.165, 1.54) is 30.3 Å². The molecule has 0 spiro atoms. The Kier molecular flexibility index (Phi) is 8.43. The lowest BCUT2D eigenvalue weighted by atomic mass is 10.1. The Morgan fingerprint density at radius 3 is 2.67 bits per heavy atom. The van der Waals surface area contributed by atoms with Crippen LogP contribution in [0.15, 0.2) is 70.7 Å². The number of non-ortho nitro benzene ring substituents is 1. The van der Waals surface area contributed by atoms with Gasteiger partial charge in [0.15, 0.2) is 0 Å². The molecule has 1 N–H and O–H groups in total. The van der Waals surface area contributed by atoms with Gasteiger partial charge in [-0.3, -0.25) is 14.9 Å². The number of nitrogens with zero attached hydrogens (tertiary/aromatic N) is 2. The second kappa shape index (κ2) is 11.3. The lowest BCUT2D eigenvalue weighted by molar-refractivity contribution is -0.384. The molecule has 0 saturated carbocycles. The first kappa shape index (κ1) is 24.7. The first-order chi connectivity index (χ1) is 15.8. The molecule has 0 aliphatic heterocycles. The zero-order valence-electron chi connectivity index (χ0n) is 16.7. The van der Waals surface area contributed by atoms with Crippen LogP contribution >= 0.6 is 50.1 Å². The highest BCUT2D eigenvalue weighted by Gasteiger charge is 2.14. The van der Waals surface area contributed by atoms with Crippen molar-refractivity contribution in [2.24, 2.45) is 0 Å². The molecule has 33 heavy (non-hydrogen) atoms. The van der Waals surface area contributed by atoms with Crippen LogP contribution in [0.5, 0.6) is 5.75 Å². The predicted molar refractivity (Wildman–Crippen MR) is 138 cm³/mol. The summed E-state index contributed by atoms with van der Waals surface area (Å²) in [5.41, 5.74) is 1.34. The molecule has 3 aromatic rings. The van der Waals surface area contributed by atoms with Crippen molar-refractivity contribution in [3.63, 3.8) is 0 Å². The summed E-state index contributed by atoms with van der Waals surface area (Å²) in [6.07, 6.45) is 1.43. The Bertz CT molecular complexity index is 1280. The van der Waals surface area contributed by atoms with Gasteiger partial charge < -0.3 is 10.1 Å². The van der Waals surface area contributed by atoms with E-state index in [4.69, 9.17) is 16.3 Å². The van der Waals surface area contributed by atoms with Crippen molar-refractivity contribution in [1.29, 1.82) is 5.26 Å². The van der Waals surface area contributed by atoms with E-state index in [-0.39, 0.29) is 23.6 Å². The van der Waals surface area contributed by atoms with Gasteiger partial charge in [0, 0.05) is 28.4 Å². The molecule has 166 valence electrons. The number of benzene rings is 3. The highest BCUT2D eigenvalue weighted by atomic mass is 127. The lowest BCUT2D eigenvalue weighted by Crippen LogP contribution is -2.13.